The highest BCUT2D eigenvalue weighted by Crippen LogP contribution is 2.18. The molecule has 1 aromatic carbocycles. The maximum atomic E-state index is 13.4. The normalized spacial score (nSPS) is 11.6. The minimum absolute atomic E-state index is 0.0127. The van der Waals surface area contributed by atoms with Crippen LogP contribution in [0.4, 0.5) is 10.1 Å². The van der Waals surface area contributed by atoms with E-state index in [0.29, 0.717) is 0 Å². The first-order valence-electron chi connectivity index (χ1n) is 6.20. The third-order valence-electron chi connectivity index (χ3n) is 2.64. The molecule has 0 saturated carbocycles. The Hall–Kier alpha value is -3.15. The predicted octanol–water partition coefficient (Wildman–Crippen LogP) is 1.45. The molecule has 0 amide bonds. The van der Waals surface area contributed by atoms with Gasteiger partial charge in [-0.25, -0.2) is 9.18 Å². The summed E-state index contributed by atoms with van der Waals surface area (Å²) < 4.78 is 22.2. The Morgan fingerprint density at radius 2 is 2.00 bits per heavy atom. The van der Waals surface area contributed by atoms with Crippen LogP contribution in [-0.2, 0) is 23.9 Å². The number of azo groups is 1. The largest absolute Gasteiger partial charge is 0.469 e. The first-order valence-corrected chi connectivity index (χ1v) is 6.20. The molecule has 120 valence electrons. The van der Waals surface area contributed by atoms with Crippen LogP contribution < -0.4 is 0 Å². The van der Waals surface area contributed by atoms with E-state index in [-0.39, 0.29) is 11.3 Å². The number of carbonyl (C=O) groups excluding carboxylic acids is 3. The number of methoxy groups -OCH3 is 2. The average molecular weight is 321 g/mol. The number of nitriles is 1. The molecule has 0 heterocycles. The summed E-state index contributed by atoms with van der Waals surface area (Å²) >= 11 is 0. The minimum Gasteiger partial charge on any atom is -0.469 e. The molecule has 9 heteroatoms. The van der Waals surface area contributed by atoms with Crippen LogP contribution in [0.2, 0.25) is 0 Å². The van der Waals surface area contributed by atoms with E-state index in [0.717, 1.165) is 20.3 Å². The number of rotatable bonds is 6. The minimum atomic E-state index is -1.67. The van der Waals surface area contributed by atoms with Crippen molar-refractivity contribution in [3.05, 3.63) is 29.6 Å². The lowest BCUT2D eigenvalue weighted by atomic mass is 10.1. The van der Waals surface area contributed by atoms with Crippen LogP contribution in [0, 0.1) is 17.1 Å². The second kappa shape index (κ2) is 8.33. The fourth-order valence-electron chi connectivity index (χ4n) is 1.45. The smallest absolute Gasteiger partial charge is 0.340 e. The maximum absolute atomic E-state index is 13.4. The second-order valence-electron chi connectivity index (χ2n) is 4.14. The van der Waals surface area contributed by atoms with Crippen LogP contribution in [0.5, 0.6) is 0 Å². The molecule has 0 aliphatic carbocycles. The van der Waals surface area contributed by atoms with Gasteiger partial charge in [-0.2, -0.15) is 15.5 Å². The number of ether oxygens (including phenoxy) is 2. The number of esters is 2. The van der Waals surface area contributed by atoms with Crippen molar-refractivity contribution in [2.45, 2.75) is 12.5 Å². The van der Waals surface area contributed by atoms with E-state index in [1.54, 1.807) is 6.07 Å². The Morgan fingerprint density at radius 3 is 2.52 bits per heavy atom. The molecule has 0 aliphatic rings. The zero-order valence-corrected chi connectivity index (χ0v) is 12.3. The van der Waals surface area contributed by atoms with Gasteiger partial charge < -0.3 is 9.47 Å². The molecule has 0 fully saturated rings. The molecular weight excluding hydrogens is 309 g/mol. The van der Waals surface area contributed by atoms with E-state index in [4.69, 9.17) is 5.26 Å². The third-order valence-corrected chi connectivity index (χ3v) is 2.64. The van der Waals surface area contributed by atoms with E-state index in [2.05, 4.69) is 19.7 Å². The highest BCUT2D eigenvalue weighted by molar-refractivity contribution is 6.09. The number of hydrogen-bond acceptors (Lipinski definition) is 8. The molecule has 1 aromatic rings. The monoisotopic (exact) mass is 321 g/mol. The summed E-state index contributed by atoms with van der Waals surface area (Å²) in [6, 6.07) is 3.34. The lowest BCUT2D eigenvalue weighted by Crippen LogP contribution is -2.31. The number of nitrogens with zero attached hydrogens (tertiary/aromatic N) is 3. The van der Waals surface area contributed by atoms with Gasteiger partial charge in [-0.15, -0.1) is 0 Å². The van der Waals surface area contributed by atoms with Gasteiger partial charge in [0.1, 0.15) is 18.3 Å². The summed E-state index contributed by atoms with van der Waals surface area (Å²) in [4.78, 5) is 34.5. The fourth-order valence-corrected chi connectivity index (χ4v) is 1.45. The van der Waals surface area contributed by atoms with Crippen molar-refractivity contribution in [3.63, 3.8) is 0 Å². The third kappa shape index (κ3) is 4.96. The molecule has 1 unspecified atom stereocenters. The van der Waals surface area contributed by atoms with Crippen molar-refractivity contribution in [1.29, 1.82) is 5.26 Å². The summed E-state index contributed by atoms with van der Waals surface area (Å²) in [5, 5.41) is 15.7. The predicted molar refractivity (Wildman–Crippen MR) is 73.1 cm³/mol. The lowest BCUT2D eigenvalue weighted by molar-refractivity contribution is -0.148. The molecule has 0 aliphatic heterocycles. The molecule has 0 bridgehead atoms. The molecule has 0 spiro atoms. The van der Waals surface area contributed by atoms with Gasteiger partial charge in [0.15, 0.2) is 5.78 Å². The molecule has 8 nitrogen and oxygen atoms in total. The van der Waals surface area contributed by atoms with Crippen molar-refractivity contribution in [2.24, 2.45) is 10.2 Å². The fraction of sp³-hybridized carbons (Fsp3) is 0.286. The van der Waals surface area contributed by atoms with Gasteiger partial charge in [-0.05, 0) is 12.1 Å². The molecule has 1 atom stereocenters. The molecule has 0 radical (unpaired) electrons. The summed E-state index contributed by atoms with van der Waals surface area (Å²) in [7, 11) is 2.13. The maximum Gasteiger partial charge on any atom is 0.340 e. The molecular formula is C14H12FN3O5. The Morgan fingerprint density at radius 1 is 1.30 bits per heavy atom. The summed E-state index contributed by atoms with van der Waals surface area (Å²) in [6.07, 6.45) is -0.684. The number of carbonyl (C=O) groups is 3. The summed E-state index contributed by atoms with van der Waals surface area (Å²) in [5.74, 6) is -3.55. The topological polar surface area (TPSA) is 118 Å². The van der Waals surface area contributed by atoms with Crippen molar-refractivity contribution < 1.29 is 28.2 Å². The van der Waals surface area contributed by atoms with Crippen LogP contribution in [0.25, 0.3) is 0 Å². The molecule has 23 heavy (non-hydrogen) atoms. The van der Waals surface area contributed by atoms with E-state index in [1.807, 2.05) is 0 Å². The molecule has 1 rings (SSSR count). The Bertz CT molecular complexity index is 696. The standard InChI is InChI=1S/C14H12FN3O5/c1-22-12(20)6-11(19)13(14(21)23-2)18-17-9-4-3-8(7-16)10(15)5-9/h3-5,13H,6H2,1-2H3. The number of Topliss-reactive ketones (excluding diaryl/α,β-unsaturated/α-hetero) is 1. The number of hydrogen-bond donors (Lipinski definition) is 0. The number of benzene rings is 1. The first kappa shape index (κ1) is 17.9. The Kier molecular flexibility index (Phi) is 6.48. The van der Waals surface area contributed by atoms with Gasteiger partial charge >= 0.3 is 11.9 Å². The van der Waals surface area contributed by atoms with Gasteiger partial charge in [0.2, 0.25) is 6.04 Å². The van der Waals surface area contributed by atoms with E-state index in [1.165, 1.54) is 12.1 Å². The van der Waals surface area contributed by atoms with Crippen molar-refractivity contribution in [2.75, 3.05) is 14.2 Å². The quantitative estimate of drug-likeness (QED) is 0.444. The summed E-state index contributed by atoms with van der Waals surface area (Å²) in [5.41, 5.74) is -0.198. The van der Waals surface area contributed by atoms with Gasteiger partial charge in [0, 0.05) is 6.07 Å². The van der Waals surface area contributed by atoms with Crippen LogP contribution in [0.3, 0.4) is 0 Å². The molecule has 0 saturated heterocycles. The lowest BCUT2D eigenvalue weighted by Gasteiger charge is -2.07. The van der Waals surface area contributed by atoms with Crippen LogP contribution in [-0.4, -0.2) is 38.0 Å². The zero-order valence-electron chi connectivity index (χ0n) is 12.3. The molecule has 0 N–H and O–H groups in total. The highest BCUT2D eigenvalue weighted by Gasteiger charge is 2.29. The Labute approximate surface area is 130 Å². The van der Waals surface area contributed by atoms with E-state index >= 15 is 0 Å². The van der Waals surface area contributed by atoms with Gasteiger partial charge in [-0.3, -0.25) is 9.59 Å². The van der Waals surface area contributed by atoms with Crippen molar-refractivity contribution in [1.82, 2.24) is 0 Å². The van der Waals surface area contributed by atoms with Gasteiger partial charge in [-0.1, -0.05) is 0 Å². The molecule has 0 aromatic heterocycles. The number of ketones is 1. The van der Waals surface area contributed by atoms with Gasteiger partial charge in [0.05, 0.1) is 25.5 Å². The SMILES string of the molecule is COC(=O)CC(=O)C(N=Nc1ccc(C#N)c(F)c1)C(=O)OC. The van der Waals surface area contributed by atoms with Crippen LogP contribution in [0.15, 0.2) is 28.4 Å². The van der Waals surface area contributed by atoms with Crippen LogP contribution >= 0.6 is 0 Å². The van der Waals surface area contributed by atoms with Crippen molar-refractivity contribution in [3.8, 4) is 6.07 Å². The Balaban J connectivity index is 2.99. The van der Waals surface area contributed by atoms with Crippen molar-refractivity contribution >= 4 is 23.4 Å². The highest BCUT2D eigenvalue weighted by atomic mass is 19.1. The zero-order chi connectivity index (χ0) is 17.4. The van der Waals surface area contributed by atoms with Crippen LogP contribution in [0.1, 0.15) is 12.0 Å². The second-order valence-corrected chi connectivity index (χ2v) is 4.14. The van der Waals surface area contributed by atoms with E-state index in [9.17, 15) is 18.8 Å². The average Bonchev–Trinajstić information content (AvgIpc) is 2.54. The first-order chi connectivity index (χ1) is 10.9. The van der Waals surface area contributed by atoms with E-state index < -0.39 is 36.0 Å². The summed E-state index contributed by atoms with van der Waals surface area (Å²) in [6.45, 7) is 0. The number of halogens is 1. The van der Waals surface area contributed by atoms with Gasteiger partial charge in [0.25, 0.3) is 0 Å².